The van der Waals surface area contributed by atoms with E-state index in [1.54, 1.807) is 0 Å². The van der Waals surface area contributed by atoms with Crippen LogP contribution in [0.25, 0.3) is 0 Å². The fraction of sp³-hybridized carbons (Fsp3) is 0.909. The Kier molecular flexibility index (Phi) is 7.48. The van der Waals surface area contributed by atoms with Crippen molar-refractivity contribution in [2.45, 2.75) is 39.5 Å². The zero-order valence-corrected chi connectivity index (χ0v) is 9.75. The molecule has 0 fully saturated rings. The van der Waals surface area contributed by atoms with Crippen LogP contribution >= 0.6 is 0 Å². The average molecular weight is 200 g/mol. The Morgan fingerprint density at radius 2 is 2.07 bits per heavy atom. The van der Waals surface area contributed by atoms with Gasteiger partial charge in [-0.1, -0.05) is 26.7 Å². The molecular formula is C11H24N2O. The van der Waals surface area contributed by atoms with E-state index in [2.05, 4.69) is 6.92 Å². The summed E-state index contributed by atoms with van der Waals surface area (Å²) >= 11 is 0. The molecule has 3 heteroatoms. The topological polar surface area (TPSA) is 46.3 Å². The third kappa shape index (κ3) is 5.97. The van der Waals surface area contributed by atoms with Crippen molar-refractivity contribution in [3.63, 3.8) is 0 Å². The molecule has 0 bridgehead atoms. The predicted molar refractivity (Wildman–Crippen MR) is 60.0 cm³/mol. The number of nitrogens with two attached hydrogens (primary N) is 1. The maximum atomic E-state index is 11.6. The maximum Gasteiger partial charge on any atom is 0.222 e. The summed E-state index contributed by atoms with van der Waals surface area (Å²) in [6.45, 7) is 5.65. The fourth-order valence-corrected chi connectivity index (χ4v) is 1.26. The van der Waals surface area contributed by atoms with Gasteiger partial charge in [0.2, 0.25) is 5.91 Å². The van der Waals surface area contributed by atoms with Gasteiger partial charge in [-0.3, -0.25) is 4.79 Å². The first-order chi connectivity index (χ1) is 6.61. The summed E-state index contributed by atoms with van der Waals surface area (Å²) in [5.74, 6) is 0.523. The van der Waals surface area contributed by atoms with E-state index in [0.29, 0.717) is 18.9 Å². The molecule has 2 N–H and O–H groups in total. The summed E-state index contributed by atoms with van der Waals surface area (Å²) in [7, 11) is 1.88. The Morgan fingerprint density at radius 3 is 2.57 bits per heavy atom. The minimum Gasteiger partial charge on any atom is -0.346 e. The Balaban J connectivity index is 3.64. The van der Waals surface area contributed by atoms with Gasteiger partial charge in [-0.15, -0.1) is 0 Å². The van der Waals surface area contributed by atoms with E-state index in [1.165, 1.54) is 12.8 Å². The summed E-state index contributed by atoms with van der Waals surface area (Å²) in [4.78, 5) is 13.4. The Morgan fingerprint density at radius 1 is 1.43 bits per heavy atom. The van der Waals surface area contributed by atoms with Crippen LogP contribution in [0, 0.1) is 5.92 Å². The lowest BCUT2D eigenvalue weighted by molar-refractivity contribution is -0.130. The van der Waals surface area contributed by atoms with Crippen LogP contribution < -0.4 is 5.73 Å². The normalized spacial score (nSPS) is 12.6. The van der Waals surface area contributed by atoms with Crippen molar-refractivity contribution in [2.24, 2.45) is 11.7 Å². The van der Waals surface area contributed by atoms with E-state index in [1.807, 2.05) is 18.9 Å². The highest BCUT2D eigenvalue weighted by atomic mass is 16.2. The quantitative estimate of drug-likeness (QED) is 0.635. The molecule has 0 aliphatic rings. The molecule has 0 aromatic rings. The molecule has 0 rings (SSSR count). The fourth-order valence-electron chi connectivity index (χ4n) is 1.26. The minimum absolute atomic E-state index is 0.221. The first-order valence-corrected chi connectivity index (χ1v) is 5.55. The van der Waals surface area contributed by atoms with Crippen LogP contribution in [0.4, 0.5) is 0 Å². The number of unbranched alkanes of at least 4 members (excludes halogenated alkanes) is 2. The van der Waals surface area contributed by atoms with Crippen LogP contribution in [0.3, 0.4) is 0 Å². The molecule has 0 aliphatic carbocycles. The van der Waals surface area contributed by atoms with Crippen molar-refractivity contribution in [1.29, 1.82) is 0 Å². The lowest BCUT2D eigenvalue weighted by Crippen LogP contribution is -2.30. The second kappa shape index (κ2) is 7.80. The van der Waals surface area contributed by atoms with Gasteiger partial charge in [0.05, 0.1) is 0 Å². The lowest BCUT2D eigenvalue weighted by Gasteiger charge is -2.18. The summed E-state index contributed by atoms with van der Waals surface area (Å²) in [5.41, 5.74) is 5.47. The van der Waals surface area contributed by atoms with Crippen LogP contribution in [0.1, 0.15) is 39.5 Å². The molecule has 0 aromatic heterocycles. The zero-order chi connectivity index (χ0) is 11.0. The SMILES string of the molecule is CCCCCN(C)C(=O)CC(C)CN. The molecule has 84 valence electrons. The summed E-state index contributed by atoms with van der Waals surface area (Å²) in [5, 5.41) is 0. The van der Waals surface area contributed by atoms with Crippen LogP contribution in [0.5, 0.6) is 0 Å². The molecule has 1 unspecified atom stereocenters. The molecule has 0 aromatic carbocycles. The Labute approximate surface area is 87.6 Å². The monoisotopic (exact) mass is 200 g/mol. The second-order valence-corrected chi connectivity index (χ2v) is 4.07. The first-order valence-electron chi connectivity index (χ1n) is 5.55. The molecule has 0 radical (unpaired) electrons. The molecule has 1 atom stereocenters. The summed E-state index contributed by atoms with van der Waals surface area (Å²) in [6, 6.07) is 0. The van der Waals surface area contributed by atoms with Crippen molar-refractivity contribution >= 4 is 5.91 Å². The molecule has 0 heterocycles. The molecule has 0 aliphatic heterocycles. The number of hydrogen-bond donors (Lipinski definition) is 1. The second-order valence-electron chi connectivity index (χ2n) is 4.07. The van der Waals surface area contributed by atoms with Crippen molar-refractivity contribution in [1.82, 2.24) is 4.90 Å². The predicted octanol–water partition coefficient (Wildman–Crippen LogP) is 1.62. The van der Waals surface area contributed by atoms with Crippen LogP contribution in [-0.4, -0.2) is 30.9 Å². The molecule has 1 amide bonds. The molecule has 3 nitrogen and oxygen atoms in total. The molecule has 14 heavy (non-hydrogen) atoms. The van der Waals surface area contributed by atoms with Gasteiger partial charge in [0.15, 0.2) is 0 Å². The van der Waals surface area contributed by atoms with Gasteiger partial charge < -0.3 is 10.6 Å². The van der Waals surface area contributed by atoms with Gasteiger partial charge in [0.1, 0.15) is 0 Å². The minimum atomic E-state index is 0.221. The smallest absolute Gasteiger partial charge is 0.222 e. The Hall–Kier alpha value is -0.570. The van der Waals surface area contributed by atoms with E-state index in [9.17, 15) is 4.79 Å². The Bertz CT molecular complexity index is 159. The highest BCUT2D eigenvalue weighted by molar-refractivity contribution is 5.76. The van der Waals surface area contributed by atoms with Crippen molar-refractivity contribution in [3.05, 3.63) is 0 Å². The van der Waals surface area contributed by atoms with Gasteiger partial charge >= 0.3 is 0 Å². The average Bonchev–Trinajstić information content (AvgIpc) is 2.17. The van der Waals surface area contributed by atoms with E-state index >= 15 is 0 Å². The summed E-state index contributed by atoms with van der Waals surface area (Å²) < 4.78 is 0. The van der Waals surface area contributed by atoms with E-state index < -0.39 is 0 Å². The van der Waals surface area contributed by atoms with E-state index in [0.717, 1.165) is 13.0 Å². The number of hydrogen-bond acceptors (Lipinski definition) is 2. The van der Waals surface area contributed by atoms with Gasteiger partial charge in [-0.05, 0) is 18.9 Å². The van der Waals surface area contributed by atoms with Gasteiger partial charge in [0.25, 0.3) is 0 Å². The van der Waals surface area contributed by atoms with Crippen LogP contribution in [0.2, 0.25) is 0 Å². The maximum absolute atomic E-state index is 11.6. The van der Waals surface area contributed by atoms with Gasteiger partial charge in [0, 0.05) is 20.0 Å². The van der Waals surface area contributed by atoms with E-state index in [-0.39, 0.29) is 5.91 Å². The van der Waals surface area contributed by atoms with Crippen molar-refractivity contribution in [3.8, 4) is 0 Å². The van der Waals surface area contributed by atoms with Crippen LogP contribution in [0.15, 0.2) is 0 Å². The van der Waals surface area contributed by atoms with E-state index in [4.69, 9.17) is 5.73 Å². The third-order valence-electron chi connectivity index (χ3n) is 2.45. The van der Waals surface area contributed by atoms with Crippen LogP contribution in [-0.2, 0) is 4.79 Å². The molecule has 0 saturated heterocycles. The highest BCUT2D eigenvalue weighted by Gasteiger charge is 2.11. The molecule has 0 spiro atoms. The van der Waals surface area contributed by atoms with Gasteiger partial charge in [-0.2, -0.15) is 0 Å². The lowest BCUT2D eigenvalue weighted by atomic mass is 10.1. The number of rotatable bonds is 7. The number of amides is 1. The van der Waals surface area contributed by atoms with Crippen molar-refractivity contribution in [2.75, 3.05) is 20.1 Å². The van der Waals surface area contributed by atoms with Gasteiger partial charge in [-0.25, -0.2) is 0 Å². The zero-order valence-electron chi connectivity index (χ0n) is 9.75. The largest absolute Gasteiger partial charge is 0.346 e. The molecular weight excluding hydrogens is 176 g/mol. The highest BCUT2D eigenvalue weighted by Crippen LogP contribution is 2.04. The third-order valence-corrected chi connectivity index (χ3v) is 2.45. The number of nitrogens with zero attached hydrogens (tertiary/aromatic N) is 1. The first kappa shape index (κ1) is 13.4. The number of carbonyl (C=O) groups is 1. The van der Waals surface area contributed by atoms with Crippen molar-refractivity contribution < 1.29 is 4.79 Å². The standard InChI is InChI=1S/C11H24N2O/c1-4-5-6-7-13(3)11(14)8-10(2)9-12/h10H,4-9,12H2,1-3H3. The summed E-state index contributed by atoms with van der Waals surface area (Å²) in [6.07, 6.45) is 4.08. The molecule has 0 saturated carbocycles. The number of carbonyl (C=O) groups excluding carboxylic acids is 1.